The summed E-state index contributed by atoms with van der Waals surface area (Å²) in [7, 11) is 0. The van der Waals surface area contributed by atoms with Crippen molar-refractivity contribution in [3.05, 3.63) is 108 Å². The average Bonchev–Trinajstić information content (AvgIpc) is 2.94. The van der Waals surface area contributed by atoms with Crippen LogP contribution >= 0.6 is 0 Å². The van der Waals surface area contributed by atoms with Crippen molar-refractivity contribution in [2.45, 2.75) is 38.8 Å². The topological polar surface area (TPSA) is 66.4 Å². The summed E-state index contributed by atoms with van der Waals surface area (Å²) in [5.74, 6) is 0.617. The average molecular weight is 477 g/mol. The Morgan fingerprint density at radius 3 is 2.25 bits per heavy atom. The highest BCUT2D eigenvalue weighted by atomic mass is 16.2. The molecule has 36 heavy (non-hydrogen) atoms. The predicted octanol–water partition coefficient (Wildman–Crippen LogP) is 6.07. The number of fused-ring (bicyclic) bond motifs is 1. The molecular weight excluding hydrogens is 448 g/mol. The van der Waals surface area contributed by atoms with E-state index < -0.39 is 0 Å². The van der Waals surface area contributed by atoms with Gasteiger partial charge in [0.2, 0.25) is 5.91 Å². The molecule has 0 aliphatic carbocycles. The van der Waals surface area contributed by atoms with Crippen LogP contribution in [0.15, 0.2) is 97.3 Å². The summed E-state index contributed by atoms with van der Waals surface area (Å²) in [6.45, 7) is 3.93. The fourth-order valence-corrected chi connectivity index (χ4v) is 4.94. The van der Waals surface area contributed by atoms with Crippen molar-refractivity contribution in [3.8, 4) is 11.4 Å². The third-order valence-electron chi connectivity index (χ3n) is 6.65. The fourth-order valence-electron chi connectivity index (χ4n) is 4.94. The fraction of sp³-hybridized carbons (Fsp3) is 0.200. The van der Waals surface area contributed by atoms with Gasteiger partial charge in [-0.3, -0.25) is 9.59 Å². The number of benzene rings is 3. The van der Waals surface area contributed by atoms with Gasteiger partial charge in [-0.05, 0) is 55.3 Å². The minimum absolute atomic E-state index is 0.0618. The number of hydrogen-bond acceptors (Lipinski definition) is 4. The van der Waals surface area contributed by atoms with Gasteiger partial charge in [0.25, 0.3) is 5.91 Å². The first-order valence-electron chi connectivity index (χ1n) is 12.3. The number of carbonyl (C=O) groups excluding carboxylic acids is 2. The van der Waals surface area contributed by atoms with E-state index in [0.717, 1.165) is 22.5 Å². The SMILES string of the molecule is CCC(=O)N(c1ccccc1)[C@@H]1C[C@H](C)N(C(=O)c2ccc(-c3ncccn3)cc2)c2ccccc21. The lowest BCUT2D eigenvalue weighted by Crippen LogP contribution is -2.47. The molecule has 2 heterocycles. The van der Waals surface area contributed by atoms with Gasteiger partial charge in [-0.15, -0.1) is 0 Å². The van der Waals surface area contributed by atoms with Gasteiger partial charge >= 0.3 is 0 Å². The predicted molar refractivity (Wildman–Crippen MR) is 142 cm³/mol. The summed E-state index contributed by atoms with van der Waals surface area (Å²) in [5, 5.41) is 0. The van der Waals surface area contributed by atoms with E-state index in [1.54, 1.807) is 18.5 Å². The van der Waals surface area contributed by atoms with Gasteiger partial charge in [0.15, 0.2) is 5.82 Å². The van der Waals surface area contributed by atoms with Gasteiger partial charge in [0.05, 0.1) is 6.04 Å². The monoisotopic (exact) mass is 476 g/mol. The van der Waals surface area contributed by atoms with Gasteiger partial charge in [0, 0.05) is 47.4 Å². The van der Waals surface area contributed by atoms with Crippen molar-refractivity contribution in [3.63, 3.8) is 0 Å². The molecular formula is C30H28N4O2. The third-order valence-corrected chi connectivity index (χ3v) is 6.65. The van der Waals surface area contributed by atoms with Crippen LogP contribution in [0, 0.1) is 0 Å². The van der Waals surface area contributed by atoms with Crippen LogP contribution in [0.1, 0.15) is 48.7 Å². The standard InChI is InChI=1S/C30H28N4O2/c1-3-28(35)34(24-10-5-4-6-11-24)27-20-21(2)33(26-13-8-7-12-25(26)27)30(36)23-16-14-22(15-17-23)29-31-18-9-19-32-29/h4-19,21,27H,3,20H2,1-2H3/t21-,27+/m0/s1. The number of para-hydroxylation sites is 2. The molecule has 180 valence electrons. The molecule has 1 aromatic heterocycles. The van der Waals surface area contributed by atoms with Crippen LogP contribution in [0.25, 0.3) is 11.4 Å². The summed E-state index contributed by atoms with van der Waals surface area (Å²) in [4.78, 5) is 39.3. The molecule has 5 rings (SSSR count). The Morgan fingerprint density at radius 1 is 0.889 bits per heavy atom. The van der Waals surface area contributed by atoms with Gasteiger partial charge in [0.1, 0.15) is 0 Å². The second-order valence-electron chi connectivity index (χ2n) is 8.94. The first kappa shape index (κ1) is 23.4. The lowest BCUT2D eigenvalue weighted by atomic mass is 9.89. The largest absolute Gasteiger partial charge is 0.305 e. The maximum atomic E-state index is 13.8. The van der Waals surface area contributed by atoms with Crippen molar-refractivity contribution in [1.29, 1.82) is 0 Å². The number of hydrogen-bond donors (Lipinski definition) is 0. The molecule has 0 spiro atoms. The molecule has 0 unspecified atom stereocenters. The minimum Gasteiger partial charge on any atom is -0.305 e. The molecule has 6 nitrogen and oxygen atoms in total. The van der Waals surface area contributed by atoms with Crippen molar-refractivity contribution < 1.29 is 9.59 Å². The molecule has 0 radical (unpaired) electrons. The van der Waals surface area contributed by atoms with Crippen LogP contribution in [0.4, 0.5) is 11.4 Å². The number of aromatic nitrogens is 2. The number of carbonyl (C=O) groups is 2. The molecule has 6 heteroatoms. The zero-order valence-corrected chi connectivity index (χ0v) is 20.4. The molecule has 0 saturated carbocycles. The Kier molecular flexibility index (Phi) is 6.58. The molecule has 0 saturated heterocycles. The Labute approximate surface area is 211 Å². The maximum absolute atomic E-state index is 13.8. The van der Waals surface area contributed by atoms with Crippen LogP contribution in [0.3, 0.4) is 0 Å². The maximum Gasteiger partial charge on any atom is 0.258 e. The Hall–Kier alpha value is -4.32. The number of rotatable bonds is 5. The lowest BCUT2D eigenvalue weighted by Gasteiger charge is -2.43. The molecule has 0 fully saturated rings. The highest BCUT2D eigenvalue weighted by molar-refractivity contribution is 6.07. The molecule has 3 aromatic carbocycles. The minimum atomic E-state index is -0.160. The zero-order chi connectivity index (χ0) is 25.1. The molecule has 1 aliphatic rings. The van der Waals surface area contributed by atoms with E-state index in [9.17, 15) is 9.59 Å². The Bertz CT molecular complexity index is 1360. The van der Waals surface area contributed by atoms with Gasteiger partial charge in [-0.25, -0.2) is 9.97 Å². The van der Waals surface area contributed by atoms with E-state index in [0.29, 0.717) is 24.2 Å². The summed E-state index contributed by atoms with van der Waals surface area (Å²) in [6, 6.07) is 26.6. The van der Waals surface area contributed by atoms with E-state index in [1.807, 2.05) is 103 Å². The summed E-state index contributed by atoms with van der Waals surface area (Å²) in [5.41, 5.74) is 4.14. The van der Waals surface area contributed by atoms with Crippen LogP contribution in [0.2, 0.25) is 0 Å². The number of amides is 2. The van der Waals surface area contributed by atoms with E-state index in [2.05, 4.69) is 9.97 Å². The molecule has 2 amide bonds. The van der Waals surface area contributed by atoms with Crippen molar-refractivity contribution in [2.24, 2.45) is 0 Å². The molecule has 0 bridgehead atoms. The second-order valence-corrected chi connectivity index (χ2v) is 8.94. The van der Waals surface area contributed by atoms with E-state index in [4.69, 9.17) is 0 Å². The number of anilines is 2. The van der Waals surface area contributed by atoms with Gasteiger partial charge in [-0.2, -0.15) is 0 Å². The quantitative estimate of drug-likeness (QED) is 0.351. The van der Waals surface area contributed by atoms with E-state index >= 15 is 0 Å². The molecule has 1 aliphatic heterocycles. The van der Waals surface area contributed by atoms with Gasteiger partial charge in [-0.1, -0.05) is 55.5 Å². The molecule has 2 atom stereocenters. The highest BCUT2D eigenvalue weighted by Gasteiger charge is 2.38. The van der Waals surface area contributed by atoms with E-state index in [1.165, 1.54) is 0 Å². The molecule has 4 aromatic rings. The zero-order valence-electron chi connectivity index (χ0n) is 20.4. The van der Waals surface area contributed by atoms with Crippen molar-refractivity contribution >= 4 is 23.2 Å². The number of nitrogens with zero attached hydrogens (tertiary/aromatic N) is 4. The second kappa shape index (κ2) is 10.1. The summed E-state index contributed by atoms with van der Waals surface area (Å²) in [6.07, 6.45) is 4.44. The normalized spacial score (nSPS) is 16.8. The lowest BCUT2D eigenvalue weighted by molar-refractivity contribution is -0.118. The Morgan fingerprint density at radius 2 is 1.56 bits per heavy atom. The van der Waals surface area contributed by atoms with Crippen molar-refractivity contribution in [1.82, 2.24) is 9.97 Å². The highest BCUT2D eigenvalue weighted by Crippen LogP contribution is 2.43. The first-order valence-corrected chi connectivity index (χ1v) is 12.3. The van der Waals surface area contributed by atoms with Crippen LogP contribution in [-0.4, -0.2) is 27.8 Å². The van der Waals surface area contributed by atoms with Crippen molar-refractivity contribution in [2.75, 3.05) is 9.80 Å². The van der Waals surface area contributed by atoms with Crippen LogP contribution < -0.4 is 9.80 Å². The van der Waals surface area contributed by atoms with Crippen LogP contribution in [0.5, 0.6) is 0 Å². The summed E-state index contributed by atoms with van der Waals surface area (Å²) < 4.78 is 0. The van der Waals surface area contributed by atoms with E-state index in [-0.39, 0.29) is 23.9 Å². The van der Waals surface area contributed by atoms with Gasteiger partial charge < -0.3 is 9.80 Å². The first-order chi connectivity index (χ1) is 17.6. The van der Waals surface area contributed by atoms with Crippen LogP contribution in [-0.2, 0) is 4.79 Å². The third kappa shape index (κ3) is 4.38. The summed E-state index contributed by atoms with van der Waals surface area (Å²) >= 11 is 0. The molecule has 0 N–H and O–H groups in total. The smallest absolute Gasteiger partial charge is 0.258 e. The Balaban J connectivity index is 1.50.